The molecule has 0 radical (unpaired) electrons. The van der Waals surface area contributed by atoms with Gasteiger partial charge in [0.05, 0.1) is 12.1 Å². The summed E-state index contributed by atoms with van der Waals surface area (Å²) in [5.41, 5.74) is 2.37. The Morgan fingerprint density at radius 1 is 1.19 bits per heavy atom. The summed E-state index contributed by atoms with van der Waals surface area (Å²) in [5.74, 6) is -0.0636. The fourth-order valence-corrected chi connectivity index (χ4v) is 2.73. The quantitative estimate of drug-likeness (QED) is 0.637. The number of rotatable bonds is 7. The van der Waals surface area contributed by atoms with E-state index in [2.05, 4.69) is 15.5 Å². The van der Waals surface area contributed by atoms with Crippen molar-refractivity contribution in [2.75, 3.05) is 13.2 Å². The summed E-state index contributed by atoms with van der Waals surface area (Å²) in [5, 5.41) is 18.1. The fraction of sp³-hybridized carbons (Fsp3) is 0.667. The van der Waals surface area contributed by atoms with Gasteiger partial charge in [0, 0.05) is 18.7 Å². The van der Waals surface area contributed by atoms with E-state index in [-0.39, 0.29) is 24.5 Å². The molecule has 6 heteroatoms. The Balaban J connectivity index is 1.91. The molecular weight excluding hydrogens is 270 g/mol. The number of carbonyl (C=O) groups excluding carboxylic acids is 1. The zero-order valence-electron chi connectivity index (χ0n) is 12.3. The number of aromatic nitrogens is 2. The van der Waals surface area contributed by atoms with Gasteiger partial charge in [0.25, 0.3) is 5.56 Å². The number of unbranched alkanes of at least 4 members (excludes halogenated alkanes) is 2. The standard InChI is InChI=1S/C15H23N3O3/c19-9-5-1-4-8-16-14(20)10-13-11-6-2-3-7-12(11)15(21)18-17-13/h19H,1-10H2,(H,16,20)(H,18,21). The zero-order valence-corrected chi connectivity index (χ0v) is 12.3. The lowest BCUT2D eigenvalue weighted by atomic mass is 9.91. The lowest BCUT2D eigenvalue weighted by Gasteiger charge is -2.17. The summed E-state index contributed by atoms with van der Waals surface area (Å²) >= 11 is 0. The van der Waals surface area contributed by atoms with E-state index in [0.29, 0.717) is 12.2 Å². The van der Waals surface area contributed by atoms with Gasteiger partial charge in [-0.3, -0.25) is 9.59 Å². The van der Waals surface area contributed by atoms with Crippen molar-refractivity contribution in [2.45, 2.75) is 51.4 Å². The van der Waals surface area contributed by atoms with E-state index >= 15 is 0 Å². The van der Waals surface area contributed by atoms with Crippen LogP contribution in [-0.2, 0) is 24.1 Å². The van der Waals surface area contributed by atoms with Crippen molar-refractivity contribution in [1.82, 2.24) is 15.5 Å². The van der Waals surface area contributed by atoms with Gasteiger partial charge in [-0.05, 0) is 50.5 Å². The number of hydrogen-bond donors (Lipinski definition) is 3. The molecule has 1 aliphatic rings. The fourth-order valence-electron chi connectivity index (χ4n) is 2.73. The van der Waals surface area contributed by atoms with Gasteiger partial charge in [-0.2, -0.15) is 5.10 Å². The average molecular weight is 293 g/mol. The van der Waals surface area contributed by atoms with Crippen molar-refractivity contribution in [3.63, 3.8) is 0 Å². The highest BCUT2D eigenvalue weighted by Gasteiger charge is 2.19. The lowest BCUT2D eigenvalue weighted by Crippen LogP contribution is -2.29. The van der Waals surface area contributed by atoms with Gasteiger partial charge in [0.1, 0.15) is 0 Å². The summed E-state index contributed by atoms with van der Waals surface area (Å²) in [6.07, 6.45) is 6.45. The molecule has 0 bridgehead atoms. The molecule has 0 spiro atoms. The number of carbonyl (C=O) groups is 1. The Labute approximate surface area is 124 Å². The van der Waals surface area contributed by atoms with Crippen molar-refractivity contribution < 1.29 is 9.90 Å². The van der Waals surface area contributed by atoms with E-state index in [1.807, 2.05) is 0 Å². The first kappa shape index (κ1) is 15.7. The van der Waals surface area contributed by atoms with Gasteiger partial charge in [-0.15, -0.1) is 0 Å². The molecule has 3 N–H and O–H groups in total. The lowest BCUT2D eigenvalue weighted by molar-refractivity contribution is -0.120. The molecule has 0 aromatic carbocycles. The minimum atomic E-state index is -0.113. The van der Waals surface area contributed by atoms with Gasteiger partial charge in [0.15, 0.2) is 0 Å². The number of H-pyrrole nitrogens is 1. The number of aliphatic hydroxyl groups is 1. The van der Waals surface area contributed by atoms with Crippen LogP contribution in [0.1, 0.15) is 48.9 Å². The Kier molecular flexibility index (Phi) is 5.92. The predicted molar refractivity (Wildman–Crippen MR) is 79.2 cm³/mol. The molecule has 1 aliphatic carbocycles. The minimum Gasteiger partial charge on any atom is -0.396 e. The van der Waals surface area contributed by atoms with E-state index in [1.165, 1.54) is 0 Å². The molecule has 1 aromatic heterocycles. The molecule has 1 amide bonds. The maximum absolute atomic E-state index is 11.9. The van der Waals surface area contributed by atoms with Gasteiger partial charge < -0.3 is 10.4 Å². The number of nitrogens with zero attached hydrogens (tertiary/aromatic N) is 1. The summed E-state index contributed by atoms with van der Waals surface area (Å²) < 4.78 is 0. The van der Waals surface area contributed by atoms with Gasteiger partial charge in [0.2, 0.25) is 5.91 Å². The minimum absolute atomic E-state index is 0.0636. The van der Waals surface area contributed by atoms with E-state index in [0.717, 1.165) is 56.1 Å². The molecule has 0 saturated carbocycles. The number of aromatic amines is 1. The Bertz CT molecular complexity index is 539. The van der Waals surface area contributed by atoms with Crippen molar-refractivity contribution in [3.05, 3.63) is 27.2 Å². The third-order valence-electron chi connectivity index (χ3n) is 3.87. The van der Waals surface area contributed by atoms with Crippen LogP contribution in [0.3, 0.4) is 0 Å². The number of aliphatic hydroxyl groups excluding tert-OH is 1. The van der Waals surface area contributed by atoms with Gasteiger partial charge in [-0.25, -0.2) is 5.10 Å². The second-order valence-corrected chi connectivity index (χ2v) is 5.47. The molecule has 1 aromatic rings. The number of hydrogen-bond acceptors (Lipinski definition) is 4. The summed E-state index contributed by atoms with van der Waals surface area (Å²) in [4.78, 5) is 23.7. The van der Waals surface area contributed by atoms with Crippen LogP contribution >= 0.6 is 0 Å². The van der Waals surface area contributed by atoms with Crippen LogP contribution in [0.5, 0.6) is 0 Å². The van der Waals surface area contributed by atoms with E-state index in [1.54, 1.807) is 0 Å². The summed E-state index contributed by atoms with van der Waals surface area (Å²) in [7, 11) is 0. The van der Waals surface area contributed by atoms with Crippen LogP contribution in [0.15, 0.2) is 4.79 Å². The van der Waals surface area contributed by atoms with Crippen molar-refractivity contribution in [1.29, 1.82) is 0 Å². The zero-order chi connectivity index (χ0) is 15.1. The molecule has 6 nitrogen and oxygen atoms in total. The molecule has 1 heterocycles. The Hall–Kier alpha value is -1.69. The highest BCUT2D eigenvalue weighted by molar-refractivity contribution is 5.78. The first-order valence-corrected chi connectivity index (χ1v) is 7.69. The number of fused-ring (bicyclic) bond motifs is 1. The third kappa shape index (κ3) is 4.39. The van der Waals surface area contributed by atoms with E-state index < -0.39 is 0 Å². The highest BCUT2D eigenvalue weighted by Crippen LogP contribution is 2.20. The Morgan fingerprint density at radius 2 is 1.95 bits per heavy atom. The topological polar surface area (TPSA) is 95.1 Å². The van der Waals surface area contributed by atoms with Gasteiger partial charge in [-0.1, -0.05) is 0 Å². The number of nitrogens with one attached hydrogen (secondary N) is 2. The predicted octanol–water partition coefficient (Wildman–Crippen LogP) is 0.470. The molecule has 0 saturated heterocycles. The van der Waals surface area contributed by atoms with Crippen LogP contribution in [0, 0.1) is 0 Å². The average Bonchev–Trinajstić information content (AvgIpc) is 2.50. The van der Waals surface area contributed by atoms with Gasteiger partial charge >= 0.3 is 0 Å². The van der Waals surface area contributed by atoms with Crippen LogP contribution in [0.2, 0.25) is 0 Å². The van der Waals surface area contributed by atoms with Crippen LogP contribution in [0.4, 0.5) is 0 Å². The molecule has 0 aliphatic heterocycles. The highest BCUT2D eigenvalue weighted by atomic mass is 16.3. The first-order valence-electron chi connectivity index (χ1n) is 7.69. The second kappa shape index (κ2) is 7.93. The first-order chi connectivity index (χ1) is 10.2. The van der Waals surface area contributed by atoms with Crippen LogP contribution < -0.4 is 10.9 Å². The van der Waals surface area contributed by atoms with Crippen molar-refractivity contribution in [3.8, 4) is 0 Å². The van der Waals surface area contributed by atoms with Crippen LogP contribution in [0.25, 0.3) is 0 Å². The molecule has 2 rings (SSSR count). The third-order valence-corrected chi connectivity index (χ3v) is 3.87. The molecule has 0 fully saturated rings. The van der Waals surface area contributed by atoms with E-state index in [4.69, 9.17) is 5.11 Å². The Morgan fingerprint density at radius 3 is 2.71 bits per heavy atom. The maximum atomic E-state index is 11.9. The van der Waals surface area contributed by atoms with Crippen molar-refractivity contribution >= 4 is 5.91 Å². The maximum Gasteiger partial charge on any atom is 0.267 e. The molecule has 0 unspecified atom stereocenters. The summed E-state index contributed by atoms with van der Waals surface area (Å²) in [6, 6.07) is 0. The molecule has 0 atom stereocenters. The second-order valence-electron chi connectivity index (χ2n) is 5.47. The normalized spacial score (nSPS) is 13.8. The summed E-state index contributed by atoms with van der Waals surface area (Å²) in [6.45, 7) is 0.811. The number of amides is 1. The molecule has 21 heavy (non-hydrogen) atoms. The van der Waals surface area contributed by atoms with E-state index in [9.17, 15) is 9.59 Å². The largest absolute Gasteiger partial charge is 0.396 e. The van der Waals surface area contributed by atoms with Crippen LogP contribution in [-0.4, -0.2) is 34.4 Å². The van der Waals surface area contributed by atoms with Crippen molar-refractivity contribution in [2.24, 2.45) is 0 Å². The smallest absolute Gasteiger partial charge is 0.267 e. The SMILES string of the molecule is O=C(Cc1n[nH]c(=O)c2c1CCCC2)NCCCCCO. The monoisotopic (exact) mass is 293 g/mol. The molecular formula is C15H23N3O3. The molecule has 116 valence electrons.